The van der Waals surface area contributed by atoms with Crippen molar-refractivity contribution in [2.75, 3.05) is 20.3 Å². The lowest BCUT2D eigenvalue weighted by Gasteiger charge is -2.30. The summed E-state index contributed by atoms with van der Waals surface area (Å²) in [6, 6.07) is 16.1. The molecule has 1 N–H and O–H groups in total. The van der Waals surface area contributed by atoms with Gasteiger partial charge in [0.25, 0.3) is 0 Å². The van der Waals surface area contributed by atoms with Gasteiger partial charge in [0.1, 0.15) is 0 Å². The summed E-state index contributed by atoms with van der Waals surface area (Å²) in [4.78, 5) is 24.9. The quantitative estimate of drug-likeness (QED) is 0.0935. The number of rotatable bonds is 15. The second-order valence-electron chi connectivity index (χ2n) is 13.0. The van der Waals surface area contributed by atoms with E-state index in [4.69, 9.17) is 25.8 Å². The Hall–Kier alpha value is -2.82. The van der Waals surface area contributed by atoms with E-state index in [1.165, 1.54) is 24.8 Å². The number of halogens is 1. The number of hydrogen-bond acceptors (Lipinski definition) is 7. The lowest BCUT2D eigenvalue weighted by Crippen LogP contribution is -2.38. The molecule has 1 unspecified atom stereocenters. The third-order valence-corrected chi connectivity index (χ3v) is 11.5. The van der Waals surface area contributed by atoms with E-state index in [1.54, 1.807) is 18.2 Å². The first-order valence-electron chi connectivity index (χ1n) is 16.7. The highest BCUT2D eigenvalue weighted by molar-refractivity contribution is 7.89. The van der Waals surface area contributed by atoms with Gasteiger partial charge in [0.15, 0.2) is 12.1 Å². The van der Waals surface area contributed by atoms with Crippen LogP contribution in [0.4, 0.5) is 0 Å². The van der Waals surface area contributed by atoms with Gasteiger partial charge in [-0.1, -0.05) is 59.7 Å². The number of unbranched alkanes of at least 4 members (excludes halogenated alkanes) is 1. The van der Waals surface area contributed by atoms with E-state index in [1.807, 2.05) is 36.4 Å². The summed E-state index contributed by atoms with van der Waals surface area (Å²) < 4.78 is 47.2. The molecule has 0 radical (unpaired) electrons. The van der Waals surface area contributed by atoms with Crippen LogP contribution in [0.3, 0.4) is 0 Å². The Morgan fingerprint density at radius 3 is 2.60 bits per heavy atom. The Morgan fingerprint density at radius 1 is 1.09 bits per heavy atom. The van der Waals surface area contributed by atoms with Gasteiger partial charge in [0, 0.05) is 36.9 Å². The van der Waals surface area contributed by atoms with Crippen LogP contribution in [-0.4, -0.2) is 52.8 Å². The van der Waals surface area contributed by atoms with Crippen LogP contribution in [-0.2, 0) is 40.2 Å². The van der Waals surface area contributed by atoms with E-state index in [0.717, 1.165) is 37.7 Å². The number of ether oxygens (including phenoxy) is 3. The van der Waals surface area contributed by atoms with Gasteiger partial charge in [-0.3, -0.25) is 9.59 Å². The lowest BCUT2D eigenvalue weighted by molar-refractivity contribution is -0.193. The Labute approximate surface area is 283 Å². The van der Waals surface area contributed by atoms with Crippen LogP contribution in [0.1, 0.15) is 69.8 Å². The van der Waals surface area contributed by atoms with Crippen molar-refractivity contribution in [1.29, 1.82) is 0 Å². The minimum atomic E-state index is -3.80. The van der Waals surface area contributed by atoms with Crippen LogP contribution in [0.5, 0.6) is 0 Å². The maximum Gasteiger partial charge on any atom is 0.305 e. The van der Waals surface area contributed by atoms with Gasteiger partial charge in [-0.2, -0.15) is 0 Å². The van der Waals surface area contributed by atoms with Crippen LogP contribution in [0.25, 0.3) is 0 Å². The number of hydrogen-bond donors (Lipinski definition) is 1. The first-order valence-corrected chi connectivity index (χ1v) is 18.6. The van der Waals surface area contributed by atoms with Crippen molar-refractivity contribution < 1.29 is 32.2 Å². The number of sulfonamides is 1. The third kappa shape index (κ3) is 9.63. The minimum Gasteiger partial charge on any atom is -0.469 e. The first kappa shape index (κ1) is 35.5. The SMILES string of the molecule is COC(=O)CCCC=C1C[C@@H]2[C@@H](C=CC(=O)CCc3ccccc3)[C@H](OC3CCCCO3)C[C@]2(CNS(=O)(=O)c2ccc(Cl)cc2)C1. The van der Waals surface area contributed by atoms with Crippen molar-refractivity contribution >= 4 is 33.4 Å². The van der Waals surface area contributed by atoms with E-state index in [0.29, 0.717) is 50.2 Å². The van der Waals surface area contributed by atoms with Crippen LogP contribution in [0.2, 0.25) is 5.02 Å². The highest BCUT2D eigenvalue weighted by atomic mass is 35.5. The van der Waals surface area contributed by atoms with Crippen molar-refractivity contribution in [1.82, 2.24) is 4.72 Å². The molecule has 0 amide bonds. The van der Waals surface area contributed by atoms with E-state index < -0.39 is 15.4 Å². The summed E-state index contributed by atoms with van der Waals surface area (Å²) in [5.41, 5.74) is 1.94. The zero-order chi connectivity index (χ0) is 33.3. The van der Waals surface area contributed by atoms with Crippen LogP contribution in [0, 0.1) is 17.3 Å². The number of methoxy groups -OCH3 is 1. The van der Waals surface area contributed by atoms with Gasteiger partial charge in [-0.15, -0.1) is 0 Å². The van der Waals surface area contributed by atoms with Crippen LogP contribution < -0.4 is 4.72 Å². The number of allylic oxidation sites excluding steroid dienone is 3. The molecule has 2 aromatic rings. The summed E-state index contributed by atoms with van der Waals surface area (Å²) in [7, 11) is -2.40. The Balaban J connectivity index is 1.38. The highest BCUT2D eigenvalue weighted by Gasteiger charge is 2.57. The fourth-order valence-corrected chi connectivity index (χ4v) is 8.62. The molecule has 0 spiro atoms. The van der Waals surface area contributed by atoms with Gasteiger partial charge in [0.2, 0.25) is 10.0 Å². The second kappa shape index (κ2) is 16.5. The van der Waals surface area contributed by atoms with Gasteiger partial charge >= 0.3 is 5.97 Å². The van der Waals surface area contributed by atoms with E-state index in [-0.39, 0.29) is 47.4 Å². The maximum atomic E-state index is 13.4. The average molecular weight is 684 g/mol. The molecule has 3 aliphatic rings. The van der Waals surface area contributed by atoms with E-state index in [2.05, 4.69) is 10.8 Å². The van der Waals surface area contributed by atoms with Gasteiger partial charge in [0.05, 0.1) is 18.1 Å². The van der Waals surface area contributed by atoms with Crippen molar-refractivity contribution in [3.05, 3.63) is 89.0 Å². The summed E-state index contributed by atoms with van der Waals surface area (Å²) >= 11 is 6.02. The summed E-state index contributed by atoms with van der Waals surface area (Å²) in [6.45, 7) is 0.892. The molecule has 1 saturated heterocycles. The zero-order valence-electron chi connectivity index (χ0n) is 27.1. The number of aryl methyl sites for hydroxylation is 1. The van der Waals surface area contributed by atoms with Gasteiger partial charge < -0.3 is 14.2 Å². The van der Waals surface area contributed by atoms with Crippen molar-refractivity contribution in [2.24, 2.45) is 17.3 Å². The molecule has 254 valence electrons. The summed E-state index contributed by atoms with van der Waals surface area (Å²) in [5, 5.41) is 0.467. The number of fused-ring (bicyclic) bond motifs is 1. The van der Waals surface area contributed by atoms with Crippen molar-refractivity contribution in [3.8, 4) is 0 Å². The standard InChI is InChI=1S/C37H46ClNO7S/c1-44-35(41)12-6-5-11-28-23-33-32(21-18-30(40)17-14-27-9-3-2-4-10-27)34(46-36-13-7-8-22-45-36)25-37(33,24-28)26-39-47(42,43)31-19-15-29(38)16-20-31/h2-4,9-11,15-16,18-21,32-34,36,39H,5-8,12-14,17,22-26H2,1H3/t32-,33-,34-,36?,37+/m1/s1. The molecule has 0 aromatic heterocycles. The Kier molecular flexibility index (Phi) is 12.5. The molecule has 3 fully saturated rings. The predicted octanol–water partition coefficient (Wildman–Crippen LogP) is 6.97. The molecular weight excluding hydrogens is 638 g/mol. The smallest absolute Gasteiger partial charge is 0.305 e. The van der Waals surface area contributed by atoms with Crippen molar-refractivity contribution in [2.45, 2.75) is 87.9 Å². The molecule has 2 saturated carbocycles. The lowest BCUT2D eigenvalue weighted by atomic mass is 9.78. The van der Waals surface area contributed by atoms with E-state index >= 15 is 0 Å². The second-order valence-corrected chi connectivity index (χ2v) is 15.2. The largest absolute Gasteiger partial charge is 0.469 e. The zero-order valence-corrected chi connectivity index (χ0v) is 28.6. The fourth-order valence-electron chi connectivity index (χ4n) is 7.35. The molecule has 5 atom stereocenters. The third-order valence-electron chi connectivity index (χ3n) is 9.81. The minimum absolute atomic E-state index is 0.0500. The fraction of sp³-hybridized carbons (Fsp3) is 0.514. The Morgan fingerprint density at radius 2 is 1.87 bits per heavy atom. The molecule has 2 aliphatic carbocycles. The summed E-state index contributed by atoms with van der Waals surface area (Å²) in [5.74, 6) is -0.220. The highest BCUT2D eigenvalue weighted by Crippen LogP contribution is 2.60. The number of esters is 1. The van der Waals surface area contributed by atoms with E-state index in [9.17, 15) is 18.0 Å². The first-order chi connectivity index (χ1) is 22.7. The van der Waals surface area contributed by atoms with Crippen molar-refractivity contribution in [3.63, 3.8) is 0 Å². The summed E-state index contributed by atoms with van der Waals surface area (Å²) in [6.07, 6.45) is 13.2. The number of carbonyl (C=O) groups is 2. The molecule has 1 heterocycles. The normalized spacial score (nSPS) is 26.9. The molecule has 8 nitrogen and oxygen atoms in total. The topological polar surface area (TPSA) is 108 Å². The number of ketones is 1. The molecular formula is C37H46ClNO7S. The molecule has 5 rings (SSSR count). The molecule has 10 heteroatoms. The molecule has 2 aromatic carbocycles. The number of carbonyl (C=O) groups excluding carboxylic acids is 2. The molecule has 0 bridgehead atoms. The van der Waals surface area contributed by atoms with Gasteiger partial charge in [-0.25, -0.2) is 13.1 Å². The monoisotopic (exact) mass is 683 g/mol. The molecule has 47 heavy (non-hydrogen) atoms. The van der Waals surface area contributed by atoms with Crippen LogP contribution >= 0.6 is 11.6 Å². The van der Waals surface area contributed by atoms with Crippen LogP contribution in [0.15, 0.2) is 83.3 Å². The predicted molar refractivity (Wildman–Crippen MR) is 181 cm³/mol. The molecule has 1 aliphatic heterocycles. The maximum absolute atomic E-state index is 13.4. The number of benzene rings is 2. The van der Waals surface area contributed by atoms with Gasteiger partial charge in [-0.05, 0) is 105 Å². The number of nitrogens with one attached hydrogen (secondary N) is 1. The average Bonchev–Trinajstić information content (AvgIpc) is 3.56. The Bertz CT molecular complexity index is 1520.